The molecule has 6 heteroatoms. The fourth-order valence-corrected chi connectivity index (χ4v) is 2.42. The van der Waals surface area contributed by atoms with E-state index in [1.165, 1.54) is 0 Å². The van der Waals surface area contributed by atoms with Crippen LogP contribution >= 0.6 is 0 Å². The lowest BCUT2D eigenvalue weighted by molar-refractivity contribution is 0.412. The van der Waals surface area contributed by atoms with Crippen LogP contribution in [0.3, 0.4) is 0 Å². The molecule has 3 aromatic heterocycles. The van der Waals surface area contributed by atoms with Crippen molar-refractivity contribution in [3.63, 3.8) is 0 Å². The van der Waals surface area contributed by atoms with Crippen LogP contribution in [0.2, 0.25) is 0 Å². The summed E-state index contributed by atoms with van der Waals surface area (Å²) in [6, 6.07) is 12.7. The van der Waals surface area contributed by atoms with E-state index in [-0.39, 0.29) is 5.75 Å². The lowest BCUT2D eigenvalue weighted by Crippen LogP contribution is -1.94. The summed E-state index contributed by atoms with van der Waals surface area (Å²) in [5, 5.41) is 19.2. The normalized spacial score (nSPS) is 11.1. The largest absolute Gasteiger partial charge is 0.506 e. The molecule has 22 heavy (non-hydrogen) atoms. The molecule has 0 radical (unpaired) electrons. The second kappa shape index (κ2) is 4.70. The van der Waals surface area contributed by atoms with E-state index in [2.05, 4.69) is 15.2 Å². The number of aromatic nitrogens is 4. The summed E-state index contributed by atoms with van der Waals surface area (Å²) in [4.78, 5) is 4.51. The van der Waals surface area contributed by atoms with Crippen LogP contribution in [0.25, 0.3) is 28.1 Å². The predicted octanol–water partition coefficient (Wildman–Crippen LogP) is 2.66. The second-order valence-electron chi connectivity index (χ2n) is 4.87. The SMILES string of the molecule is COc1ccc2nnc(-c3ccc4cccc(O)c4n3)n2c1. The maximum Gasteiger partial charge on any atom is 0.187 e. The Hall–Kier alpha value is -3.15. The van der Waals surface area contributed by atoms with Crippen LogP contribution in [0, 0.1) is 0 Å². The van der Waals surface area contributed by atoms with Crippen LogP contribution in [-0.4, -0.2) is 31.8 Å². The molecule has 0 saturated heterocycles. The molecule has 3 heterocycles. The Labute approximate surface area is 125 Å². The molecule has 0 atom stereocenters. The van der Waals surface area contributed by atoms with Gasteiger partial charge < -0.3 is 9.84 Å². The average Bonchev–Trinajstić information content (AvgIpc) is 2.98. The van der Waals surface area contributed by atoms with Gasteiger partial charge in [0.05, 0.1) is 13.3 Å². The number of nitrogens with zero attached hydrogens (tertiary/aromatic N) is 4. The summed E-state index contributed by atoms with van der Waals surface area (Å²) >= 11 is 0. The van der Waals surface area contributed by atoms with Gasteiger partial charge in [0.2, 0.25) is 0 Å². The number of hydrogen-bond donors (Lipinski definition) is 1. The summed E-state index contributed by atoms with van der Waals surface area (Å²) in [7, 11) is 1.61. The number of rotatable bonds is 2. The minimum Gasteiger partial charge on any atom is -0.506 e. The highest BCUT2D eigenvalue weighted by atomic mass is 16.5. The minimum absolute atomic E-state index is 0.144. The summed E-state index contributed by atoms with van der Waals surface area (Å²) < 4.78 is 7.05. The molecule has 0 bridgehead atoms. The van der Waals surface area contributed by atoms with E-state index in [4.69, 9.17) is 4.74 Å². The fourth-order valence-electron chi connectivity index (χ4n) is 2.42. The number of ether oxygens (including phenoxy) is 1. The van der Waals surface area contributed by atoms with Crippen LogP contribution in [-0.2, 0) is 0 Å². The Morgan fingerprint density at radius 3 is 2.82 bits per heavy atom. The lowest BCUT2D eigenvalue weighted by atomic mass is 10.2. The van der Waals surface area contributed by atoms with Crippen molar-refractivity contribution in [2.24, 2.45) is 0 Å². The molecule has 0 spiro atoms. The van der Waals surface area contributed by atoms with Crippen molar-refractivity contribution in [2.75, 3.05) is 7.11 Å². The molecule has 108 valence electrons. The van der Waals surface area contributed by atoms with E-state index >= 15 is 0 Å². The van der Waals surface area contributed by atoms with Gasteiger partial charge in [-0.2, -0.15) is 0 Å². The summed E-state index contributed by atoms with van der Waals surface area (Å²) in [5.41, 5.74) is 1.88. The molecule has 0 fully saturated rings. The average molecular weight is 292 g/mol. The first kappa shape index (κ1) is 12.6. The maximum absolute atomic E-state index is 9.96. The summed E-state index contributed by atoms with van der Waals surface area (Å²) in [5.74, 6) is 1.45. The standard InChI is InChI=1S/C16H12N4O2/c1-22-11-6-8-14-18-19-16(20(14)9-11)12-7-5-10-3-2-4-13(21)15(10)17-12/h2-9,21H,1H3. The molecule has 0 aliphatic heterocycles. The maximum atomic E-state index is 9.96. The van der Waals surface area contributed by atoms with E-state index in [1.807, 2.05) is 34.7 Å². The third-order valence-electron chi connectivity index (χ3n) is 3.54. The zero-order chi connectivity index (χ0) is 15.1. The van der Waals surface area contributed by atoms with Gasteiger partial charge in [0.15, 0.2) is 11.5 Å². The fraction of sp³-hybridized carbons (Fsp3) is 0.0625. The van der Waals surface area contributed by atoms with Crippen LogP contribution in [0.5, 0.6) is 11.5 Å². The molecular formula is C16H12N4O2. The molecule has 0 saturated carbocycles. The summed E-state index contributed by atoms with van der Waals surface area (Å²) in [6.07, 6.45) is 1.81. The molecule has 0 aliphatic rings. The van der Waals surface area contributed by atoms with Crippen molar-refractivity contribution in [1.29, 1.82) is 0 Å². The zero-order valence-electron chi connectivity index (χ0n) is 11.8. The van der Waals surface area contributed by atoms with Gasteiger partial charge in [0.25, 0.3) is 0 Å². The molecule has 4 rings (SSSR count). The minimum atomic E-state index is 0.144. The number of phenols is 1. The third-order valence-corrected chi connectivity index (χ3v) is 3.54. The van der Waals surface area contributed by atoms with E-state index in [0.29, 0.717) is 28.4 Å². The first-order valence-electron chi connectivity index (χ1n) is 6.74. The third kappa shape index (κ3) is 1.85. The quantitative estimate of drug-likeness (QED) is 0.615. The van der Waals surface area contributed by atoms with Crippen molar-refractivity contribution < 1.29 is 9.84 Å². The van der Waals surface area contributed by atoms with Crippen molar-refractivity contribution in [2.45, 2.75) is 0 Å². The number of benzene rings is 1. The molecule has 4 aromatic rings. The Kier molecular flexibility index (Phi) is 2.69. The topological polar surface area (TPSA) is 72.5 Å². The smallest absolute Gasteiger partial charge is 0.187 e. The first-order chi connectivity index (χ1) is 10.8. The molecule has 0 aliphatic carbocycles. The first-order valence-corrected chi connectivity index (χ1v) is 6.74. The molecule has 6 nitrogen and oxygen atoms in total. The van der Waals surface area contributed by atoms with Gasteiger partial charge in [0, 0.05) is 5.39 Å². The van der Waals surface area contributed by atoms with Crippen LogP contribution in [0.15, 0.2) is 48.7 Å². The van der Waals surface area contributed by atoms with Gasteiger partial charge in [-0.1, -0.05) is 18.2 Å². The van der Waals surface area contributed by atoms with Gasteiger partial charge >= 0.3 is 0 Å². The van der Waals surface area contributed by atoms with Gasteiger partial charge in [0.1, 0.15) is 22.7 Å². The molecule has 0 amide bonds. The number of fused-ring (bicyclic) bond motifs is 2. The number of phenolic OH excluding ortho intramolecular Hbond substituents is 1. The molecule has 1 aromatic carbocycles. The van der Waals surface area contributed by atoms with E-state index in [1.54, 1.807) is 25.4 Å². The van der Waals surface area contributed by atoms with Crippen molar-refractivity contribution in [1.82, 2.24) is 19.6 Å². The summed E-state index contributed by atoms with van der Waals surface area (Å²) in [6.45, 7) is 0. The Morgan fingerprint density at radius 1 is 1.05 bits per heavy atom. The number of pyridine rings is 2. The van der Waals surface area contributed by atoms with E-state index in [0.717, 1.165) is 5.39 Å². The zero-order valence-corrected chi connectivity index (χ0v) is 11.8. The number of aromatic hydroxyl groups is 1. The number of hydrogen-bond acceptors (Lipinski definition) is 5. The molecule has 1 N–H and O–H groups in total. The molecular weight excluding hydrogens is 280 g/mol. The van der Waals surface area contributed by atoms with Crippen molar-refractivity contribution >= 4 is 16.6 Å². The highest BCUT2D eigenvalue weighted by Crippen LogP contribution is 2.26. The van der Waals surface area contributed by atoms with Crippen LogP contribution < -0.4 is 4.74 Å². The van der Waals surface area contributed by atoms with Crippen LogP contribution in [0.1, 0.15) is 0 Å². The number of methoxy groups -OCH3 is 1. The monoisotopic (exact) mass is 292 g/mol. The predicted molar refractivity (Wildman–Crippen MR) is 81.9 cm³/mol. The van der Waals surface area contributed by atoms with Crippen molar-refractivity contribution in [3.8, 4) is 23.0 Å². The van der Waals surface area contributed by atoms with Gasteiger partial charge in [-0.15, -0.1) is 10.2 Å². The van der Waals surface area contributed by atoms with Crippen LogP contribution in [0.4, 0.5) is 0 Å². The molecule has 0 unspecified atom stereocenters. The Bertz CT molecular complexity index is 994. The Balaban J connectivity index is 1.96. The van der Waals surface area contributed by atoms with Gasteiger partial charge in [-0.05, 0) is 24.3 Å². The van der Waals surface area contributed by atoms with E-state index in [9.17, 15) is 5.11 Å². The number of para-hydroxylation sites is 1. The highest BCUT2D eigenvalue weighted by Gasteiger charge is 2.12. The van der Waals surface area contributed by atoms with Gasteiger partial charge in [-0.25, -0.2) is 4.98 Å². The second-order valence-corrected chi connectivity index (χ2v) is 4.87. The lowest BCUT2D eigenvalue weighted by Gasteiger charge is -2.04. The van der Waals surface area contributed by atoms with E-state index < -0.39 is 0 Å². The van der Waals surface area contributed by atoms with Gasteiger partial charge in [-0.3, -0.25) is 4.40 Å². The van der Waals surface area contributed by atoms with Crippen molar-refractivity contribution in [3.05, 3.63) is 48.7 Å². The highest BCUT2D eigenvalue weighted by molar-refractivity contribution is 5.86. The Morgan fingerprint density at radius 2 is 1.95 bits per heavy atom.